The molecule has 0 fully saturated rings. The normalized spacial score (nSPS) is 16.5. The highest BCUT2D eigenvalue weighted by molar-refractivity contribution is 8.06. The number of amidine groups is 2. The third-order valence-corrected chi connectivity index (χ3v) is 8.44. The van der Waals surface area contributed by atoms with Crippen molar-refractivity contribution in [2.45, 2.75) is 17.7 Å². The van der Waals surface area contributed by atoms with E-state index in [0.29, 0.717) is 0 Å². The Morgan fingerprint density at radius 1 is 0.897 bits per heavy atom. The van der Waals surface area contributed by atoms with Crippen LogP contribution >= 0.6 is 35.0 Å². The Balaban J connectivity index is 2.28. The molecule has 0 aromatic heterocycles. The lowest BCUT2D eigenvalue weighted by atomic mass is 9.85. The summed E-state index contributed by atoms with van der Waals surface area (Å²) in [6.45, 7) is 1.84. The van der Waals surface area contributed by atoms with E-state index in [1.165, 1.54) is 18.2 Å². The van der Waals surface area contributed by atoms with Crippen LogP contribution < -0.4 is 4.18 Å². The highest BCUT2D eigenvalue weighted by Gasteiger charge is 2.36. The monoisotopic (exact) mass is 602 g/mol. The van der Waals surface area contributed by atoms with Crippen molar-refractivity contribution < 1.29 is 12.6 Å². The lowest BCUT2D eigenvalue weighted by molar-refractivity contribution is 0.482. The Hall–Kier alpha value is -3.48. The summed E-state index contributed by atoms with van der Waals surface area (Å²) in [5.41, 5.74) is 1.28. The number of aliphatic imine (C=N–C) groups is 2. The van der Waals surface area contributed by atoms with Crippen molar-refractivity contribution >= 4 is 55.7 Å². The minimum Gasteiger partial charge on any atom is -0.379 e. The maximum absolute atomic E-state index is 13.1. The second-order valence-electron chi connectivity index (χ2n) is 8.64. The van der Waals surface area contributed by atoms with Gasteiger partial charge in [-0.05, 0) is 60.1 Å². The summed E-state index contributed by atoms with van der Waals surface area (Å²) >= 11 is 13.6. The van der Waals surface area contributed by atoms with Gasteiger partial charge < -0.3 is 14.0 Å². The average Bonchev–Trinajstić information content (AvgIpc) is 2.88. The van der Waals surface area contributed by atoms with Crippen LogP contribution in [0.4, 0.5) is 0 Å². The van der Waals surface area contributed by atoms with Crippen LogP contribution in [-0.4, -0.2) is 57.0 Å². The number of nitrogens with zero attached hydrogens (tertiary/aromatic N) is 6. The molecule has 1 aliphatic rings. The molecule has 0 atom stereocenters. The van der Waals surface area contributed by atoms with E-state index in [2.05, 4.69) is 22.1 Å². The van der Waals surface area contributed by atoms with Gasteiger partial charge in [-0.25, -0.2) is 9.98 Å². The molecule has 39 heavy (non-hydrogen) atoms. The van der Waals surface area contributed by atoms with Gasteiger partial charge in [0.15, 0.2) is 10.6 Å². The largest absolute Gasteiger partial charge is 0.379 e. The predicted octanol–water partition coefficient (Wildman–Crippen LogP) is 5.38. The van der Waals surface area contributed by atoms with Crippen molar-refractivity contribution in [2.75, 3.05) is 28.2 Å². The minimum atomic E-state index is -4.24. The molecule has 3 rings (SSSR count). The van der Waals surface area contributed by atoms with Gasteiger partial charge in [0.1, 0.15) is 20.7 Å². The van der Waals surface area contributed by atoms with Crippen LogP contribution in [0.3, 0.4) is 0 Å². The number of thioether (sulfide) groups is 1. The summed E-state index contributed by atoms with van der Waals surface area (Å²) in [5, 5.41) is 21.0. The maximum atomic E-state index is 13.1. The van der Waals surface area contributed by atoms with Gasteiger partial charge in [-0.1, -0.05) is 35.9 Å². The zero-order valence-electron chi connectivity index (χ0n) is 21.7. The summed E-state index contributed by atoms with van der Waals surface area (Å²) in [6.07, 6.45) is 0. The predicted molar refractivity (Wildman–Crippen MR) is 155 cm³/mol. The van der Waals surface area contributed by atoms with Crippen LogP contribution in [0.5, 0.6) is 5.75 Å². The van der Waals surface area contributed by atoms with Crippen LogP contribution in [0, 0.1) is 29.6 Å². The Kier molecular flexibility index (Phi) is 9.70. The number of para-hydroxylation sites is 1. The van der Waals surface area contributed by atoms with E-state index >= 15 is 0 Å². The number of aryl methyl sites for hydroxylation is 1. The Bertz CT molecular complexity index is 1520. The fourth-order valence-electron chi connectivity index (χ4n) is 3.33. The molecule has 0 amide bonds. The Labute approximate surface area is 242 Å². The number of allylic oxidation sites excluding steroid dienone is 2. The quantitative estimate of drug-likeness (QED) is 0.187. The Morgan fingerprint density at radius 3 is 1.85 bits per heavy atom. The number of nitriles is 2. The lowest BCUT2D eigenvalue weighted by Crippen LogP contribution is -2.19. The third kappa shape index (κ3) is 6.94. The van der Waals surface area contributed by atoms with Gasteiger partial charge in [-0.3, -0.25) is 0 Å². The van der Waals surface area contributed by atoms with Crippen LogP contribution in [0.25, 0.3) is 0 Å². The topological polar surface area (TPSA) is 122 Å². The number of rotatable bonds is 6. The molecule has 0 saturated carbocycles. The molecule has 13 heteroatoms. The van der Waals surface area contributed by atoms with Crippen molar-refractivity contribution in [2.24, 2.45) is 9.98 Å². The summed E-state index contributed by atoms with van der Waals surface area (Å²) < 4.78 is 31.9. The molecular weight excluding hydrogens is 579 g/mol. The molecule has 9 nitrogen and oxygen atoms in total. The fraction of sp³-hybridized carbons (Fsp3) is 0.231. The van der Waals surface area contributed by atoms with Gasteiger partial charge >= 0.3 is 10.1 Å². The van der Waals surface area contributed by atoms with Gasteiger partial charge in [0.25, 0.3) is 0 Å². The molecule has 1 aliphatic heterocycles. The van der Waals surface area contributed by atoms with E-state index in [0.717, 1.165) is 17.3 Å². The molecule has 0 unspecified atom stereocenters. The maximum Gasteiger partial charge on any atom is 0.339 e. The first-order valence-electron chi connectivity index (χ1n) is 11.3. The van der Waals surface area contributed by atoms with Gasteiger partial charge in [0.2, 0.25) is 0 Å². The van der Waals surface area contributed by atoms with Gasteiger partial charge in [0, 0.05) is 33.8 Å². The standard InChI is InChI=1S/C26H24Cl2N6O3S2/c1-16-10-12-17(13-11-16)39(35,36)37-21-9-7-6-8-18(21)22-19(14-29)23(31-25(27)33(2)3)38-24(20(22)15-30)32-26(28)34(4)5/h6-13,22H,1-5H3. The number of hydrogen-bond donors (Lipinski definition) is 0. The molecule has 0 radical (unpaired) electrons. The first kappa shape index (κ1) is 30.1. The highest BCUT2D eigenvalue weighted by atomic mass is 35.5. The molecule has 2 aromatic carbocycles. The smallest absolute Gasteiger partial charge is 0.339 e. The molecule has 0 spiro atoms. The zero-order valence-corrected chi connectivity index (χ0v) is 24.8. The van der Waals surface area contributed by atoms with Crippen molar-refractivity contribution in [3.63, 3.8) is 0 Å². The number of halogens is 2. The molecule has 202 valence electrons. The zero-order chi connectivity index (χ0) is 28.9. The van der Waals surface area contributed by atoms with Gasteiger partial charge in [-0.2, -0.15) is 18.9 Å². The lowest BCUT2D eigenvalue weighted by Gasteiger charge is -2.26. The molecule has 0 saturated heterocycles. The first-order valence-corrected chi connectivity index (χ1v) is 14.3. The van der Waals surface area contributed by atoms with E-state index < -0.39 is 16.0 Å². The molecule has 0 bridgehead atoms. The molecule has 2 aromatic rings. The Morgan fingerprint density at radius 2 is 1.38 bits per heavy atom. The van der Waals surface area contributed by atoms with E-state index in [4.69, 9.17) is 27.4 Å². The van der Waals surface area contributed by atoms with Crippen LogP contribution in [0.1, 0.15) is 17.0 Å². The summed E-state index contributed by atoms with van der Waals surface area (Å²) in [7, 11) is 2.49. The summed E-state index contributed by atoms with van der Waals surface area (Å²) in [6, 6.07) is 16.7. The van der Waals surface area contributed by atoms with E-state index in [9.17, 15) is 18.9 Å². The molecule has 0 N–H and O–H groups in total. The van der Waals surface area contributed by atoms with Crippen molar-refractivity contribution in [3.8, 4) is 17.9 Å². The van der Waals surface area contributed by atoms with Crippen LogP contribution in [0.2, 0.25) is 0 Å². The minimum absolute atomic E-state index is 0.0414. The number of hydrogen-bond acceptors (Lipinski definition) is 8. The SMILES string of the molecule is Cc1ccc(S(=O)(=O)Oc2ccccc2C2C(C#N)=C(N=C(Cl)N(C)C)SC(N=C(Cl)N(C)C)=C2C#N)cc1. The van der Waals surface area contributed by atoms with Crippen LogP contribution in [-0.2, 0) is 10.1 Å². The first-order chi connectivity index (χ1) is 18.4. The van der Waals surface area contributed by atoms with Gasteiger partial charge in [-0.15, -0.1) is 0 Å². The second-order valence-corrected chi connectivity index (χ2v) is 11.8. The summed E-state index contributed by atoms with van der Waals surface area (Å²) in [5.74, 6) is -1.12. The molecule has 1 heterocycles. The van der Waals surface area contributed by atoms with Crippen molar-refractivity contribution in [1.82, 2.24) is 9.80 Å². The number of benzene rings is 2. The van der Waals surface area contributed by atoms with E-state index in [-0.39, 0.29) is 48.0 Å². The third-order valence-electron chi connectivity index (χ3n) is 5.34. The van der Waals surface area contributed by atoms with E-state index in [1.54, 1.807) is 68.3 Å². The van der Waals surface area contributed by atoms with E-state index in [1.807, 2.05) is 6.92 Å². The average molecular weight is 604 g/mol. The fourth-order valence-corrected chi connectivity index (χ4v) is 5.55. The summed E-state index contributed by atoms with van der Waals surface area (Å²) in [4.78, 5) is 11.8. The van der Waals surface area contributed by atoms with Crippen molar-refractivity contribution in [3.05, 3.63) is 80.9 Å². The highest BCUT2D eigenvalue weighted by Crippen LogP contribution is 2.49. The van der Waals surface area contributed by atoms with Crippen molar-refractivity contribution in [1.29, 1.82) is 10.5 Å². The molecular formula is C26H24Cl2N6O3S2. The molecule has 0 aliphatic carbocycles. The van der Waals surface area contributed by atoms with Gasteiger partial charge in [0.05, 0.1) is 29.2 Å². The van der Waals surface area contributed by atoms with Crippen LogP contribution in [0.15, 0.2) is 84.6 Å². The second kappa shape index (κ2) is 12.6.